The fourth-order valence-electron chi connectivity index (χ4n) is 4.69. The molecule has 0 radical (unpaired) electrons. The monoisotopic (exact) mass is 618 g/mol. The Hall–Kier alpha value is -4.60. The molecule has 1 aliphatic rings. The third-order valence-corrected chi connectivity index (χ3v) is 6.90. The van der Waals surface area contributed by atoms with Crippen LogP contribution in [-0.4, -0.2) is 66.2 Å². The van der Waals surface area contributed by atoms with Crippen molar-refractivity contribution in [1.29, 1.82) is 0 Å². The molecular formula is C35H46N4O6. The van der Waals surface area contributed by atoms with E-state index in [-0.39, 0.29) is 25.5 Å². The first-order valence-corrected chi connectivity index (χ1v) is 15.5. The quantitative estimate of drug-likeness (QED) is 0.155. The summed E-state index contributed by atoms with van der Waals surface area (Å²) in [6, 6.07) is 17.7. The highest BCUT2D eigenvalue weighted by Gasteiger charge is 2.25. The van der Waals surface area contributed by atoms with E-state index in [4.69, 9.17) is 9.47 Å². The van der Waals surface area contributed by atoms with Gasteiger partial charge >= 0.3 is 12.2 Å². The van der Waals surface area contributed by atoms with Crippen LogP contribution in [0.25, 0.3) is 0 Å². The zero-order valence-corrected chi connectivity index (χ0v) is 26.5. The molecule has 0 aromatic heterocycles. The van der Waals surface area contributed by atoms with Crippen LogP contribution in [0.1, 0.15) is 57.6 Å². The summed E-state index contributed by atoms with van der Waals surface area (Å²) in [5.41, 5.74) is 1.14. The molecule has 1 saturated heterocycles. The van der Waals surface area contributed by atoms with E-state index >= 15 is 0 Å². The second-order valence-corrected chi connectivity index (χ2v) is 11.9. The number of alkyl carbamates (subject to hydrolysis) is 2. The molecule has 0 unspecified atom stereocenters. The largest absolute Gasteiger partial charge is 0.445 e. The third kappa shape index (κ3) is 14.2. The molecule has 1 heterocycles. The minimum atomic E-state index is -0.916. The number of ether oxygens (including phenoxy) is 2. The van der Waals surface area contributed by atoms with Gasteiger partial charge in [-0.1, -0.05) is 78.9 Å². The Morgan fingerprint density at radius 3 is 2.16 bits per heavy atom. The number of amides is 4. The van der Waals surface area contributed by atoms with Gasteiger partial charge in [0.1, 0.15) is 18.2 Å². The Balaban J connectivity index is 1.61. The Kier molecular flexibility index (Phi) is 14.2. The summed E-state index contributed by atoms with van der Waals surface area (Å²) in [6.45, 7) is 7.18. The number of likely N-dealkylation sites (tertiary alicyclic amines) is 1. The van der Waals surface area contributed by atoms with Crippen molar-refractivity contribution in [3.8, 4) is 0 Å². The molecule has 0 bridgehead atoms. The smallest absolute Gasteiger partial charge is 0.408 e. The summed E-state index contributed by atoms with van der Waals surface area (Å²) in [6.07, 6.45) is 8.71. The number of allylic oxidation sites excluding steroid dienone is 2. The van der Waals surface area contributed by atoms with Crippen molar-refractivity contribution in [2.45, 2.75) is 77.2 Å². The SMILES string of the molecule is CC(C)(C)OC(=O)N[C@H](CCCNC(=O)OCc1ccccc1)C(=O)N[C@H](/C=C/C=C/C(=O)N1CCCC1)Cc1ccccc1. The molecule has 45 heavy (non-hydrogen) atoms. The lowest BCUT2D eigenvalue weighted by molar-refractivity contribution is -0.125. The van der Waals surface area contributed by atoms with E-state index in [1.807, 2.05) is 71.6 Å². The standard InChI is InChI=1S/C35H46N4O6/c1-35(2,3)45-34(43)38-30(20-14-22-36-33(42)44-26-28-17-8-5-9-18-28)32(41)37-29(25-27-15-6-4-7-16-27)19-10-11-21-31(40)39-23-12-13-24-39/h4-11,15-19,21,29-30H,12-14,20,22-26H2,1-3H3,(H,36,42)(H,37,41)(H,38,43)/b19-10+,21-11+/t29-,30-/m1/s1. The Bertz CT molecular complexity index is 1280. The van der Waals surface area contributed by atoms with Crippen molar-refractivity contribution in [3.05, 3.63) is 96.1 Å². The molecule has 1 aliphatic heterocycles. The highest BCUT2D eigenvalue weighted by Crippen LogP contribution is 2.11. The zero-order valence-electron chi connectivity index (χ0n) is 26.5. The average Bonchev–Trinajstić information content (AvgIpc) is 3.55. The Morgan fingerprint density at radius 2 is 1.51 bits per heavy atom. The van der Waals surface area contributed by atoms with Gasteiger partial charge in [-0.2, -0.15) is 0 Å². The van der Waals surface area contributed by atoms with Crippen LogP contribution in [0.5, 0.6) is 0 Å². The number of nitrogens with zero attached hydrogens (tertiary/aromatic N) is 1. The van der Waals surface area contributed by atoms with Gasteiger partial charge in [0.25, 0.3) is 0 Å². The predicted molar refractivity (Wildman–Crippen MR) is 173 cm³/mol. The van der Waals surface area contributed by atoms with Crippen molar-refractivity contribution < 1.29 is 28.7 Å². The van der Waals surface area contributed by atoms with Gasteiger partial charge in [-0.05, 0) is 64.0 Å². The van der Waals surface area contributed by atoms with E-state index in [0.29, 0.717) is 12.8 Å². The molecule has 0 aliphatic carbocycles. The second-order valence-electron chi connectivity index (χ2n) is 11.9. The van der Waals surface area contributed by atoms with Crippen molar-refractivity contribution in [2.75, 3.05) is 19.6 Å². The van der Waals surface area contributed by atoms with Crippen LogP contribution in [0.4, 0.5) is 9.59 Å². The van der Waals surface area contributed by atoms with Gasteiger partial charge in [-0.25, -0.2) is 9.59 Å². The fraction of sp³-hybridized carbons (Fsp3) is 0.429. The van der Waals surface area contributed by atoms with Crippen LogP contribution in [-0.2, 0) is 32.1 Å². The molecule has 10 nitrogen and oxygen atoms in total. The van der Waals surface area contributed by atoms with E-state index < -0.39 is 35.8 Å². The number of rotatable bonds is 14. The molecule has 0 saturated carbocycles. The number of carbonyl (C=O) groups excluding carboxylic acids is 4. The normalized spacial score (nSPS) is 14.6. The van der Waals surface area contributed by atoms with E-state index in [1.54, 1.807) is 32.9 Å². The molecule has 2 aromatic carbocycles. The molecule has 4 amide bonds. The first-order chi connectivity index (χ1) is 21.6. The Labute approximate surface area is 266 Å². The minimum Gasteiger partial charge on any atom is -0.445 e. The number of carbonyl (C=O) groups is 4. The molecule has 3 N–H and O–H groups in total. The lowest BCUT2D eigenvalue weighted by atomic mass is 10.0. The van der Waals surface area contributed by atoms with Crippen molar-refractivity contribution in [3.63, 3.8) is 0 Å². The molecule has 1 fully saturated rings. The van der Waals surface area contributed by atoms with Crippen molar-refractivity contribution in [1.82, 2.24) is 20.9 Å². The highest BCUT2D eigenvalue weighted by molar-refractivity contribution is 5.88. The molecule has 10 heteroatoms. The first kappa shape index (κ1) is 34.9. The van der Waals surface area contributed by atoms with Gasteiger partial charge in [0, 0.05) is 25.7 Å². The van der Waals surface area contributed by atoms with E-state index in [0.717, 1.165) is 37.1 Å². The van der Waals surface area contributed by atoms with Crippen LogP contribution in [0.3, 0.4) is 0 Å². The van der Waals surface area contributed by atoms with Crippen molar-refractivity contribution >= 4 is 24.0 Å². The molecule has 0 spiro atoms. The summed E-state index contributed by atoms with van der Waals surface area (Å²) >= 11 is 0. The lowest BCUT2D eigenvalue weighted by Gasteiger charge is -2.25. The highest BCUT2D eigenvalue weighted by atomic mass is 16.6. The molecule has 2 aromatic rings. The Morgan fingerprint density at radius 1 is 0.867 bits per heavy atom. The number of nitrogens with one attached hydrogen (secondary N) is 3. The minimum absolute atomic E-state index is 0.0278. The van der Waals surface area contributed by atoms with Gasteiger partial charge in [-0.3, -0.25) is 9.59 Å². The van der Waals surface area contributed by atoms with Crippen LogP contribution >= 0.6 is 0 Å². The number of benzene rings is 2. The van der Waals surface area contributed by atoms with Crippen LogP contribution in [0, 0.1) is 0 Å². The third-order valence-electron chi connectivity index (χ3n) is 6.90. The zero-order chi connectivity index (χ0) is 32.5. The summed E-state index contributed by atoms with van der Waals surface area (Å²) in [7, 11) is 0. The van der Waals surface area contributed by atoms with Crippen LogP contribution < -0.4 is 16.0 Å². The molecule has 2 atom stereocenters. The summed E-state index contributed by atoms with van der Waals surface area (Å²) in [5, 5.41) is 8.40. The number of hydrogen-bond acceptors (Lipinski definition) is 6. The summed E-state index contributed by atoms with van der Waals surface area (Å²) in [5.74, 6) is -0.421. The van der Waals surface area contributed by atoms with Crippen LogP contribution in [0.15, 0.2) is 85.0 Å². The topological polar surface area (TPSA) is 126 Å². The van der Waals surface area contributed by atoms with Gasteiger partial charge in [-0.15, -0.1) is 0 Å². The van der Waals surface area contributed by atoms with Crippen LogP contribution in [0.2, 0.25) is 0 Å². The number of hydrogen-bond donors (Lipinski definition) is 3. The molecule has 3 rings (SSSR count). The van der Waals surface area contributed by atoms with Gasteiger partial charge in [0.2, 0.25) is 11.8 Å². The maximum absolute atomic E-state index is 13.5. The van der Waals surface area contributed by atoms with E-state index in [2.05, 4.69) is 16.0 Å². The van der Waals surface area contributed by atoms with Gasteiger partial charge in [0.15, 0.2) is 0 Å². The van der Waals surface area contributed by atoms with Gasteiger partial charge in [0.05, 0.1) is 6.04 Å². The lowest BCUT2D eigenvalue weighted by Crippen LogP contribution is -2.51. The van der Waals surface area contributed by atoms with E-state index in [9.17, 15) is 19.2 Å². The molecular weight excluding hydrogens is 572 g/mol. The van der Waals surface area contributed by atoms with Crippen molar-refractivity contribution in [2.24, 2.45) is 0 Å². The maximum atomic E-state index is 13.5. The maximum Gasteiger partial charge on any atom is 0.408 e. The summed E-state index contributed by atoms with van der Waals surface area (Å²) < 4.78 is 10.6. The van der Waals surface area contributed by atoms with Gasteiger partial charge < -0.3 is 30.3 Å². The fourth-order valence-corrected chi connectivity index (χ4v) is 4.69. The first-order valence-electron chi connectivity index (χ1n) is 15.5. The summed E-state index contributed by atoms with van der Waals surface area (Å²) in [4.78, 5) is 52.5. The molecule has 242 valence electrons. The second kappa shape index (κ2) is 18.3. The predicted octanol–water partition coefficient (Wildman–Crippen LogP) is 5.05. The average molecular weight is 619 g/mol. The van der Waals surface area contributed by atoms with E-state index in [1.165, 1.54) is 6.08 Å².